The predicted octanol–water partition coefficient (Wildman–Crippen LogP) is 3.24. The highest BCUT2D eigenvalue weighted by Crippen LogP contribution is 2.22. The van der Waals surface area contributed by atoms with E-state index in [1.165, 1.54) is 4.90 Å². The van der Waals surface area contributed by atoms with Gasteiger partial charge in [-0.05, 0) is 43.2 Å². The minimum absolute atomic E-state index is 0.0953. The zero-order valence-electron chi connectivity index (χ0n) is 14.4. The summed E-state index contributed by atoms with van der Waals surface area (Å²) in [5.41, 5.74) is 1.48. The van der Waals surface area contributed by atoms with Gasteiger partial charge < -0.3 is 0 Å². The van der Waals surface area contributed by atoms with Crippen molar-refractivity contribution in [2.75, 3.05) is 6.54 Å². The molecule has 0 atom stereocenters. The highest BCUT2D eigenvalue weighted by Gasteiger charge is 2.34. The molecule has 6 nitrogen and oxygen atoms in total. The summed E-state index contributed by atoms with van der Waals surface area (Å²) in [4.78, 5) is 42.8. The first-order valence-electron chi connectivity index (χ1n) is 8.66. The largest absolute Gasteiger partial charge is 0.299 e. The molecule has 0 saturated carbocycles. The smallest absolute Gasteiger partial charge is 0.261 e. The molecule has 0 N–H and O–H groups in total. The van der Waals surface area contributed by atoms with Gasteiger partial charge in [-0.25, -0.2) is 4.98 Å². The summed E-state index contributed by atoms with van der Waals surface area (Å²) in [6.07, 6.45) is 2.82. The van der Waals surface area contributed by atoms with Crippen LogP contribution in [-0.4, -0.2) is 32.8 Å². The molecule has 0 saturated heterocycles. The first-order chi connectivity index (χ1) is 13.1. The first-order valence-corrected chi connectivity index (χ1v) is 9.45. The number of imide groups is 1. The number of benzene rings is 2. The Bertz CT molecular complexity index is 1090. The zero-order chi connectivity index (χ0) is 19.0. The third kappa shape index (κ3) is 3.19. The maximum absolute atomic E-state index is 12.6. The zero-order valence-corrected chi connectivity index (χ0v) is 16.0. The average Bonchev–Trinajstić information content (AvgIpc) is 2.92. The van der Waals surface area contributed by atoms with E-state index in [0.717, 1.165) is 4.47 Å². The Labute approximate surface area is 163 Å². The van der Waals surface area contributed by atoms with Gasteiger partial charge in [-0.2, -0.15) is 0 Å². The summed E-state index contributed by atoms with van der Waals surface area (Å²) in [6, 6.07) is 12.3. The molecule has 7 heteroatoms. The number of unbranched alkanes of at least 4 members (excludes halogenated alkanes) is 1. The van der Waals surface area contributed by atoms with Crippen LogP contribution in [0.5, 0.6) is 0 Å². The molecule has 3 aromatic rings. The Morgan fingerprint density at radius 1 is 0.889 bits per heavy atom. The monoisotopic (exact) mass is 425 g/mol. The molecular weight excluding hydrogens is 410 g/mol. The number of halogens is 1. The van der Waals surface area contributed by atoms with Crippen LogP contribution in [0.1, 0.15) is 33.6 Å². The Kier molecular flexibility index (Phi) is 4.61. The first kappa shape index (κ1) is 17.6. The van der Waals surface area contributed by atoms with Gasteiger partial charge in [-0.15, -0.1) is 0 Å². The lowest BCUT2D eigenvalue weighted by molar-refractivity contribution is 0.0651. The summed E-state index contributed by atoms with van der Waals surface area (Å²) >= 11 is 3.37. The van der Waals surface area contributed by atoms with Crippen molar-refractivity contribution in [1.29, 1.82) is 0 Å². The fourth-order valence-electron chi connectivity index (χ4n) is 3.28. The number of carbonyl (C=O) groups is 2. The van der Waals surface area contributed by atoms with Gasteiger partial charge in [-0.3, -0.25) is 23.9 Å². The van der Waals surface area contributed by atoms with Crippen LogP contribution < -0.4 is 5.56 Å². The lowest BCUT2D eigenvalue weighted by Gasteiger charge is -2.14. The van der Waals surface area contributed by atoms with Crippen LogP contribution in [0.25, 0.3) is 10.9 Å². The van der Waals surface area contributed by atoms with Crippen molar-refractivity contribution in [3.8, 4) is 0 Å². The number of carbonyl (C=O) groups excluding carboxylic acids is 2. The molecule has 1 aromatic heterocycles. The van der Waals surface area contributed by atoms with E-state index >= 15 is 0 Å². The minimum Gasteiger partial charge on any atom is -0.299 e. The lowest BCUT2D eigenvalue weighted by Crippen LogP contribution is -2.31. The van der Waals surface area contributed by atoms with Gasteiger partial charge in [0, 0.05) is 17.6 Å². The third-order valence-corrected chi connectivity index (χ3v) is 5.19. The number of hydrogen-bond donors (Lipinski definition) is 0. The predicted molar refractivity (Wildman–Crippen MR) is 105 cm³/mol. The summed E-state index contributed by atoms with van der Waals surface area (Å²) in [7, 11) is 0. The molecule has 0 bridgehead atoms. The van der Waals surface area contributed by atoms with Gasteiger partial charge in [-0.1, -0.05) is 28.1 Å². The standard InChI is InChI=1S/C20H16BrN3O3/c21-13-7-8-17-16(11-13)18(25)23(12-22-17)9-3-4-10-24-19(26)14-5-1-2-6-15(14)20(24)27/h1-2,5-8,11-12H,3-4,9-10H2. The molecule has 0 unspecified atom stereocenters. The number of nitrogens with zero attached hydrogens (tertiary/aromatic N) is 3. The summed E-state index contributed by atoms with van der Waals surface area (Å²) in [5.74, 6) is -0.491. The highest BCUT2D eigenvalue weighted by molar-refractivity contribution is 9.10. The van der Waals surface area contributed by atoms with E-state index in [1.807, 2.05) is 6.07 Å². The fraction of sp³-hybridized carbons (Fsp3) is 0.200. The maximum Gasteiger partial charge on any atom is 0.261 e. The fourth-order valence-corrected chi connectivity index (χ4v) is 3.65. The van der Waals surface area contributed by atoms with Crippen LogP contribution in [0.3, 0.4) is 0 Å². The van der Waals surface area contributed by atoms with Crippen LogP contribution in [-0.2, 0) is 6.54 Å². The van der Waals surface area contributed by atoms with Gasteiger partial charge in [0.05, 0.1) is 28.4 Å². The second-order valence-electron chi connectivity index (χ2n) is 6.42. The number of rotatable bonds is 5. The number of aromatic nitrogens is 2. The normalized spacial score (nSPS) is 13.4. The molecule has 2 aromatic carbocycles. The molecule has 0 spiro atoms. The molecule has 27 heavy (non-hydrogen) atoms. The molecular formula is C20H16BrN3O3. The number of amides is 2. The van der Waals surface area contributed by atoms with Gasteiger partial charge >= 0.3 is 0 Å². The molecule has 4 rings (SSSR count). The summed E-state index contributed by atoms with van der Waals surface area (Å²) < 4.78 is 2.40. The van der Waals surface area contributed by atoms with Crippen LogP contribution >= 0.6 is 15.9 Å². The quantitative estimate of drug-likeness (QED) is 0.464. The Morgan fingerprint density at radius 2 is 1.56 bits per heavy atom. The summed E-state index contributed by atoms with van der Waals surface area (Å²) in [5, 5.41) is 0.562. The van der Waals surface area contributed by atoms with Crippen molar-refractivity contribution in [3.05, 3.63) is 74.7 Å². The van der Waals surface area contributed by atoms with Crippen LogP contribution in [0.4, 0.5) is 0 Å². The molecule has 136 valence electrons. The molecule has 2 amide bonds. The van der Waals surface area contributed by atoms with E-state index in [-0.39, 0.29) is 17.4 Å². The molecule has 0 aliphatic carbocycles. The van der Waals surface area contributed by atoms with Crippen molar-refractivity contribution < 1.29 is 9.59 Å². The van der Waals surface area contributed by atoms with Crippen LogP contribution in [0, 0.1) is 0 Å². The van der Waals surface area contributed by atoms with Crippen molar-refractivity contribution in [2.24, 2.45) is 0 Å². The van der Waals surface area contributed by atoms with E-state index < -0.39 is 0 Å². The van der Waals surface area contributed by atoms with Crippen molar-refractivity contribution >= 4 is 38.6 Å². The van der Waals surface area contributed by atoms with Crippen molar-refractivity contribution in [2.45, 2.75) is 19.4 Å². The third-order valence-electron chi connectivity index (χ3n) is 4.69. The SMILES string of the molecule is O=C1c2ccccc2C(=O)N1CCCCn1cnc2ccc(Br)cc2c1=O. The van der Waals surface area contributed by atoms with E-state index in [0.29, 0.717) is 48.0 Å². The van der Waals surface area contributed by atoms with Crippen LogP contribution in [0.15, 0.2) is 58.1 Å². The Balaban J connectivity index is 1.41. The average molecular weight is 426 g/mol. The topological polar surface area (TPSA) is 72.3 Å². The van der Waals surface area contributed by atoms with Gasteiger partial charge in [0.15, 0.2) is 0 Å². The van der Waals surface area contributed by atoms with Gasteiger partial charge in [0.25, 0.3) is 17.4 Å². The molecule has 0 radical (unpaired) electrons. The molecule has 1 aliphatic rings. The second-order valence-corrected chi connectivity index (χ2v) is 7.33. The maximum atomic E-state index is 12.6. The Hall–Kier alpha value is -2.80. The van der Waals surface area contributed by atoms with E-state index in [4.69, 9.17) is 0 Å². The minimum atomic E-state index is -0.245. The van der Waals surface area contributed by atoms with E-state index in [9.17, 15) is 14.4 Å². The summed E-state index contributed by atoms with van der Waals surface area (Å²) in [6.45, 7) is 0.825. The second kappa shape index (κ2) is 7.08. The highest BCUT2D eigenvalue weighted by atomic mass is 79.9. The van der Waals surface area contributed by atoms with E-state index in [2.05, 4.69) is 20.9 Å². The Morgan fingerprint density at radius 3 is 2.26 bits per heavy atom. The van der Waals surface area contributed by atoms with Gasteiger partial charge in [0.1, 0.15) is 0 Å². The van der Waals surface area contributed by atoms with Crippen molar-refractivity contribution in [1.82, 2.24) is 14.5 Å². The number of fused-ring (bicyclic) bond motifs is 2. The molecule has 2 heterocycles. The number of hydrogen-bond acceptors (Lipinski definition) is 4. The van der Waals surface area contributed by atoms with E-state index in [1.54, 1.807) is 47.3 Å². The molecule has 0 fully saturated rings. The van der Waals surface area contributed by atoms with Crippen LogP contribution in [0.2, 0.25) is 0 Å². The number of aryl methyl sites for hydroxylation is 1. The molecule has 1 aliphatic heterocycles. The van der Waals surface area contributed by atoms with Gasteiger partial charge in [0.2, 0.25) is 0 Å². The lowest BCUT2D eigenvalue weighted by atomic mass is 10.1. The van der Waals surface area contributed by atoms with Crippen molar-refractivity contribution in [3.63, 3.8) is 0 Å².